The van der Waals surface area contributed by atoms with Crippen LogP contribution in [0.4, 0.5) is 0 Å². The summed E-state index contributed by atoms with van der Waals surface area (Å²) in [7, 11) is 0. The van der Waals surface area contributed by atoms with Crippen molar-refractivity contribution in [1.29, 1.82) is 0 Å². The molecular formula is C11H17Cl2Ti. The fraction of sp³-hybridized carbons (Fsp3) is 0.545. The topological polar surface area (TPSA) is 0 Å². The maximum atomic E-state index is 2.31. The summed E-state index contributed by atoms with van der Waals surface area (Å²) in [5.41, 5.74) is 2.93. The van der Waals surface area contributed by atoms with Crippen molar-refractivity contribution < 1.29 is 46.5 Å². The quantitative estimate of drug-likeness (QED) is 0.416. The van der Waals surface area contributed by atoms with Crippen molar-refractivity contribution in [2.24, 2.45) is 0 Å². The summed E-state index contributed by atoms with van der Waals surface area (Å²) in [6.45, 7) is 8.94. The van der Waals surface area contributed by atoms with Gasteiger partial charge in [-0.2, -0.15) is 17.2 Å². The van der Waals surface area contributed by atoms with Crippen LogP contribution in [0.5, 0.6) is 0 Å². The molecule has 0 amide bonds. The fourth-order valence-electron chi connectivity index (χ4n) is 1.20. The summed E-state index contributed by atoms with van der Waals surface area (Å²) in [4.78, 5) is 0. The Bertz CT molecular complexity index is 206. The smallest absolute Gasteiger partial charge is 1.00 e. The van der Waals surface area contributed by atoms with Crippen molar-refractivity contribution in [2.45, 2.75) is 39.5 Å². The van der Waals surface area contributed by atoms with Crippen LogP contribution in [0.3, 0.4) is 0 Å². The minimum absolute atomic E-state index is 0. The van der Waals surface area contributed by atoms with Gasteiger partial charge in [0.1, 0.15) is 0 Å². The van der Waals surface area contributed by atoms with Crippen molar-refractivity contribution in [2.75, 3.05) is 0 Å². The van der Waals surface area contributed by atoms with Crippen molar-refractivity contribution >= 4 is 0 Å². The zero-order chi connectivity index (χ0) is 8.43. The third-order valence-corrected chi connectivity index (χ3v) is 2.13. The molecule has 14 heavy (non-hydrogen) atoms. The minimum atomic E-state index is 0. The molecule has 0 saturated carbocycles. The second-order valence-corrected chi connectivity index (χ2v) is 3.79. The fourth-order valence-corrected chi connectivity index (χ4v) is 1.20. The van der Waals surface area contributed by atoms with E-state index in [1.165, 1.54) is 11.1 Å². The average Bonchev–Trinajstić information content (AvgIpc) is 2.33. The molecule has 0 bridgehead atoms. The molecule has 0 saturated heterocycles. The molecule has 1 radical (unpaired) electrons. The second kappa shape index (κ2) is 8.91. The minimum Gasteiger partial charge on any atom is -1.00 e. The molecule has 1 aromatic carbocycles. The third-order valence-electron chi connectivity index (χ3n) is 2.13. The Balaban J connectivity index is -0.000000403. The molecule has 0 nitrogen and oxygen atoms in total. The van der Waals surface area contributed by atoms with Crippen LogP contribution in [0.2, 0.25) is 0 Å². The molecule has 0 spiro atoms. The van der Waals surface area contributed by atoms with Crippen LogP contribution in [-0.4, -0.2) is 0 Å². The van der Waals surface area contributed by atoms with E-state index in [2.05, 4.69) is 45.9 Å². The summed E-state index contributed by atoms with van der Waals surface area (Å²) in [5.74, 6) is 1.34. The van der Waals surface area contributed by atoms with Crippen molar-refractivity contribution in [3.8, 4) is 0 Å². The maximum absolute atomic E-state index is 2.31. The molecule has 79 valence electrons. The predicted molar refractivity (Wildman–Crippen MR) is 50.2 cm³/mol. The first-order valence-electron chi connectivity index (χ1n) is 4.37. The summed E-state index contributed by atoms with van der Waals surface area (Å²) in [5, 5.41) is 0. The Morgan fingerprint density at radius 1 is 0.857 bits per heavy atom. The molecule has 1 rings (SSSR count). The van der Waals surface area contributed by atoms with Crippen molar-refractivity contribution in [1.82, 2.24) is 0 Å². The van der Waals surface area contributed by atoms with Gasteiger partial charge >= 0.3 is 21.7 Å². The third kappa shape index (κ3) is 5.51. The van der Waals surface area contributed by atoms with Gasteiger partial charge < -0.3 is 24.8 Å². The second-order valence-electron chi connectivity index (χ2n) is 3.79. The zero-order valence-electron chi connectivity index (χ0n) is 9.14. The van der Waals surface area contributed by atoms with Gasteiger partial charge in [0.2, 0.25) is 0 Å². The van der Waals surface area contributed by atoms with Crippen LogP contribution in [0.1, 0.15) is 50.7 Å². The van der Waals surface area contributed by atoms with Gasteiger partial charge in [-0.1, -0.05) is 27.7 Å². The Hall–Kier alpha value is 0.644. The Labute approximate surface area is 115 Å². The van der Waals surface area contributed by atoms with Crippen LogP contribution in [0.25, 0.3) is 0 Å². The number of rotatable bonds is 2. The largest absolute Gasteiger partial charge is 3.00 e. The molecule has 0 heterocycles. The SMILES string of the molecule is CC(C)c1ccc(C(C)C)[cH-]1.[Cl-].[Cl-].[Ti+3]. The monoisotopic (exact) mass is 267 g/mol. The van der Waals surface area contributed by atoms with Gasteiger partial charge in [0.15, 0.2) is 0 Å². The van der Waals surface area contributed by atoms with Crippen molar-refractivity contribution in [3.05, 3.63) is 29.3 Å². The number of hydrogen-bond donors (Lipinski definition) is 0. The summed E-state index contributed by atoms with van der Waals surface area (Å²) < 4.78 is 0. The van der Waals surface area contributed by atoms with Gasteiger partial charge in [0.05, 0.1) is 0 Å². The first-order chi connectivity index (χ1) is 5.11. The van der Waals surface area contributed by atoms with Gasteiger partial charge in [-0.25, -0.2) is 12.1 Å². The van der Waals surface area contributed by atoms with Crippen molar-refractivity contribution in [3.63, 3.8) is 0 Å². The van der Waals surface area contributed by atoms with E-state index in [1.807, 2.05) is 0 Å². The Kier molecular flexibility index (Phi) is 12.8. The molecule has 0 fully saturated rings. The van der Waals surface area contributed by atoms with Gasteiger partial charge in [-0.05, 0) is 11.8 Å². The van der Waals surface area contributed by atoms with Crippen LogP contribution in [0, 0.1) is 0 Å². The molecule has 1 aromatic rings. The normalized spacial score (nSPS) is 9.00. The maximum Gasteiger partial charge on any atom is 3.00 e. The summed E-state index contributed by atoms with van der Waals surface area (Å²) in [6, 6.07) is 6.79. The van der Waals surface area contributed by atoms with Crippen LogP contribution in [-0.2, 0) is 21.7 Å². The van der Waals surface area contributed by atoms with Gasteiger partial charge in [0, 0.05) is 0 Å². The molecule has 0 N–H and O–H groups in total. The van der Waals surface area contributed by atoms with Crippen LogP contribution >= 0.6 is 0 Å². The van der Waals surface area contributed by atoms with Gasteiger partial charge in [0.25, 0.3) is 0 Å². The first kappa shape index (κ1) is 20.1. The molecule has 3 heteroatoms. The average molecular weight is 268 g/mol. The Morgan fingerprint density at radius 2 is 1.14 bits per heavy atom. The number of hydrogen-bond acceptors (Lipinski definition) is 0. The summed E-state index contributed by atoms with van der Waals surface area (Å²) >= 11 is 0. The van der Waals surface area contributed by atoms with E-state index in [9.17, 15) is 0 Å². The Morgan fingerprint density at radius 3 is 1.29 bits per heavy atom. The van der Waals surface area contributed by atoms with Crippen LogP contribution in [0.15, 0.2) is 18.2 Å². The van der Waals surface area contributed by atoms with E-state index in [0.717, 1.165) is 0 Å². The van der Waals surface area contributed by atoms with E-state index in [-0.39, 0.29) is 46.5 Å². The van der Waals surface area contributed by atoms with E-state index in [0.29, 0.717) is 11.8 Å². The van der Waals surface area contributed by atoms with E-state index in [1.54, 1.807) is 0 Å². The predicted octanol–water partition coefficient (Wildman–Crippen LogP) is -2.34. The van der Waals surface area contributed by atoms with E-state index >= 15 is 0 Å². The molecule has 0 unspecified atom stereocenters. The molecule has 0 aliphatic heterocycles. The molecular weight excluding hydrogens is 251 g/mol. The molecule has 0 aliphatic carbocycles. The molecule has 0 aromatic heterocycles. The number of halogens is 2. The van der Waals surface area contributed by atoms with Crippen LogP contribution < -0.4 is 24.8 Å². The van der Waals surface area contributed by atoms with E-state index in [4.69, 9.17) is 0 Å². The van der Waals surface area contributed by atoms with Gasteiger partial charge in [-0.3, -0.25) is 0 Å². The zero-order valence-corrected chi connectivity index (χ0v) is 12.2. The standard InChI is InChI=1S/C11H17.2ClH.Ti/c1-8(2)10-5-6-11(7-10)9(3)4;;;/h5-9H,1-4H3;2*1H;/q-1;;;+3/p-2. The van der Waals surface area contributed by atoms with E-state index < -0.39 is 0 Å². The van der Waals surface area contributed by atoms with Gasteiger partial charge in [-0.15, -0.1) is 0 Å². The molecule has 0 atom stereocenters. The first-order valence-corrected chi connectivity index (χ1v) is 4.37. The molecule has 0 aliphatic rings. The summed E-state index contributed by atoms with van der Waals surface area (Å²) in [6.07, 6.45) is 0.